The van der Waals surface area contributed by atoms with Crippen molar-refractivity contribution >= 4 is 23.1 Å². The average molecular weight is 340 g/mol. The molecule has 3 aromatic rings. The maximum absolute atomic E-state index is 13.1. The van der Waals surface area contributed by atoms with Gasteiger partial charge in [-0.15, -0.1) is 0 Å². The van der Waals surface area contributed by atoms with Crippen LogP contribution < -0.4 is 19.8 Å². The van der Waals surface area contributed by atoms with Gasteiger partial charge in [-0.2, -0.15) is 0 Å². The molecule has 7 heteroatoms. The molecule has 0 saturated heterocycles. The summed E-state index contributed by atoms with van der Waals surface area (Å²) in [5, 5.41) is 0. The van der Waals surface area contributed by atoms with E-state index in [1.165, 1.54) is 23.5 Å². The van der Waals surface area contributed by atoms with Crippen LogP contribution >= 0.6 is 11.3 Å². The molecule has 0 radical (unpaired) electrons. The van der Waals surface area contributed by atoms with Crippen LogP contribution in [-0.2, 0) is 6.67 Å². The zero-order valence-electron chi connectivity index (χ0n) is 12.6. The lowest BCUT2D eigenvalue weighted by atomic mass is 10.2. The molecule has 120 valence electrons. The molecule has 24 heavy (non-hydrogen) atoms. The smallest absolute Gasteiger partial charge is 0.271 e. The normalized spacial score (nSPS) is 14.4. The fourth-order valence-electron chi connectivity index (χ4n) is 2.54. The molecule has 0 fully saturated rings. The molecule has 3 heterocycles. The van der Waals surface area contributed by atoms with Gasteiger partial charge in [0.15, 0.2) is 4.80 Å². The Labute approximate surface area is 140 Å². The number of fused-ring (bicyclic) bond motifs is 1. The third kappa shape index (κ3) is 2.74. The molecular formula is C17H13FN4OS. The molecule has 0 N–H and O–H groups in total. The Bertz CT molecular complexity index is 1040. The Morgan fingerprint density at radius 3 is 2.62 bits per heavy atom. The third-order valence-corrected chi connectivity index (χ3v) is 4.82. The monoisotopic (exact) mass is 340 g/mol. The number of aromatic nitrogens is 2. The lowest BCUT2D eigenvalue weighted by Gasteiger charge is -2.25. The summed E-state index contributed by atoms with van der Waals surface area (Å²) in [5.74, 6) is -0.282. The maximum atomic E-state index is 13.1. The van der Waals surface area contributed by atoms with E-state index in [0.29, 0.717) is 22.7 Å². The van der Waals surface area contributed by atoms with Crippen LogP contribution in [0, 0.1) is 5.82 Å². The number of pyridine rings is 1. The summed E-state index contributed by atoms with van der Waals surface area (Å²) >= 11 is 1.38. The van der Waals surface area contributed by atoms with E-state index in [-0.39, 0.29) is 11.4 Å². The number of nitrogens with zero attached hydrogens (tertiary/aromatic N) is 4. The Kier molecular flexibility index (Phi) is 3.70. The van der Waals surface area contributed by atoms with E-state index in [2.05, 4.69) is 9.98 Å². The minimum Gasteiger partial charge on any atom is -0.334 e. The molecule has 0 saturated carbocycles. The number of hydrogen-bond donors (Lipinski definition) is 0. The van der Waals surface area contributed by atoms with E-state index in [1.807, 2.05) is 23.1 Å². The van der Waals surface area contributed by atoms with Crippen LogP contribution in [0.3, 0.4) is 0 Å². The second-order valence-corrected chi connectivity index (χ2v) is 6.37. The highest BCUT2D eigenvalue weighted by Crippen LogP contribution is 2.16. The maximum Gasteiger partial charge on any atom is 0.271 e. The number of rotatable bonds is 2. The van der Waals surface area contributed by atoms with Crippen LogP contribution in [0.4, 0.5) is 10.1 Å². The van der Waals surface area contributed by atoms with Crippen molar-refractivity contribution in [1.82, 2.24) is 9.55 Å². The first-order valence-electron chi connectivity index (χ1n) is 7.37. The number of anilines is 1. The molecule has 5 nitrogen and oxygen atoms in total. The van der Waals surface area contributed by atoms with Crippen LogP contribution in [-0.4, -0.2) is 16.2 Å². The van der Waals surface area contributed by atoms with E-state index in [1.54, 1.807) is 29.1 Å². The summed E-state index contributed by atoms with van der Waals surface area (Å²) in [6.45, 7) is 0.851. The van der Waals surface area contributed by atoms with Crippen molar-refractivity contribution in [2.24, 2.45) is 4.99 Å². The molecule has 4 rings (SSSR count). The molecule has 1 aliphatic heterocycles. The second-order valence-electron chi connectivity index (χ2n) is 5.36. The van der Waals surface area contributed by atoms with Crippen molar-refractivity contribution in [3.8, 4) is 0 Å². The first-order chi connectivity index (χ1) is 11.7. The molecule has 0 amide bonds. The predicted octanol–water partition coefficient (Wildman–Crippen LogP) is 1.33. The van der Waals surface area contributed by atoms with Gasteiger partial charge in [0.2, 0.25) is 0 Å². The molecular weight excluding hydrogens is 327 g/mol. The van der Waals surface area contributed by atoms with Gasteiger partial charge >= 0.3 is 0 Å². The number of hydrogen-bond acceptors (Lipinski definition) is 5. The average Bonchev–Trinajstić information content (AvgIpc) is 2.92. The molecule has 0 aliphatic carbocycles. The van der Waals surface area contributed by atoms with E-state index in [4.69, 9.17) is 0 Å². The summed E-state index contributed by atoms with van der Waals surface area (Å²) in [5.41, 5.74) is 1.70. The van der Waals surface area contributed by atoms with Crippen molar-refractivity contribution in [2.75, 3.05) is 11.6 Å². The Morgan fingerprint density at radius 1 is 1.12 bits per heavy atom. The first kappa shape index (κ1) is 14.8. The minimum atomic E-state index is -0.282. The second kappa shape index (κ2) is 6.01. The predicted molar refractivity (Wildman–Crippen MR) is 90.9 cm³/mol. The van der Waals surface area contributed by atoms with Gasteiger partial charge in [0.05, 0.1) is 4.53 Å². The standard InChI is InChI=1S/C17H13FN4OS/c18-13-1-3-14(4-2-13)21-10-20-17-22(11-21)16(23)15(24-17)9-12-5-7-19-8-6-12/h1-9H,10-11H2/b15-9-. The fourth-order valence-corrected chi connectivity index (χ4v) is 3.50. The van der Waals surface area contributed by atoms with Crippen molar-refractivity contribution in [1.29, 1.82) is 0 Å². The molecule has 0 unspecified atom stereocenters. The summed E-state index contributed by atoms with van der Waals surface area (Å²) in [4.78, 5) is 23.7. The van der Waals surface area contributed by atoms with Crippen LogP contribution in [0.15, 0.2) is 58.6 Å². The Balaban J connectivity index is 1.71. The number of thiazole rings is 1. The fraction of sp³-hybridized carbons (Fsp3) is 0.118. The molecule has 2 aromatic heterocycles. The lowest BCUT2D eigenvalue weighted by Crippen LogP contribution is -2.42. The number of halogens is 1. The van der Waals surface area contributed by atoms with Crippen LogP contribution in [0.2, 0.25) is 0 Å². The van der Waals surface area contributed by atoms with Crippen LogP contribution in [0.25, 0.3) is 6.08 Å². The van der Waals surface area contributed by atoms with Gasteiger partial charge in [0.25, 0.3) is 5.56 Å². The summed E-state index contributed by atoms with van der Waals surface area (Å²) in [6.07, 6.45) is 5.23. The number of benzene rings is 1. The molecule has 1 aliphatic rings. The molecule has 1 aromatic carbocycles. The largest absolute Gasteiger partial charge is 0.334 e. The van der Waals surface area contributed by atoms with E-state index in [9.17, 15) is 9.18 Å². The zero-order valence-corrected chi connectivity index (χ0v) is 13.4. The van der Waals surface area contributed by atoms with Gasteiger partial charge in [-0.05, 0) is 48.0 Å². The van der Waals surface area contributed by atoms with Crippen LogP contribution in [0.1, 0.15) is 5.56 Å². The van der Waals surface area contributed by atoms with Gasteiger partial charge in [0, 0.05) is 18.1 Å². The SMILES string of the molecule is O=c1/c(=C/c2ccncc2)sc2n1CN(c1ccc(F)cc1)CN=2. The van der Waals surface area contributed by atoms with Crippen molar-refractivity contribution < 1.29 is 4.39 Å². The topological polar surface area (TPSA) is 50.5 Å². The van der Waals surface area contributed by atoms with Gasteiger partial charge in [-0.25, -0.2) is 9.38 Å². The Hall–Kier alpha value is -2.80. The highest BCUT2D eigenvalue weighted by atomic mass is 32.1. The molecule has 0 bridgehead atoms. The lowest BCUT2D eigenvalue weighted by molar-refractivity contribution is 0.568. The summed E-state index contributed by atoms with van der Waals surface area (Å²) in [7, 11) is 0. The highest BCUT2D eigenvalue weighted by molar-refractivity contribution is 7.07. The van der Waals surface area contributed by atoms with Gasteiger partial charge < -0.3 is 4.90 Å². The zero-order chi connectivity index (χ0) is 16.5. The quantitative estimate of drug-likeness (QED) is 0.707. The van der Waals surface area contributed by atoms with Gasteiger partial charge in [0.1, 0.15) is 19.2 Å². The summed E-state index contributed by atoms with van der Waals surface area (Å²) in [6, 6.07) is 9.90. The Morgan fingerprint density at radius 2 is 1.88 bits per heavy atom. The third-order valence-electron chi connectivity index (χ3n) is 3.77. The summed E-state index contributed by atoms with van der Waals surface area (Å²) < 4.78 is 15.3. The molecule has 0 spiro atoms. The van der Waals surface area contributed by atoms with E-state index < -0.39 is 0 Å². The molecule has 0 atom stereocenters. The van der Waals surface area contributed by atoms with Gasteiger partial charge in [-0.3, -0.25) is 14.3 Å². The van der Waals surface area contributed by atoms with Crippen LogP contribution in [0.5, 0.6) is 0 Å². The first-order valence-corrected chi connectivity index (χ1v) is 8.19. The van der Waals surface area contributed by atoms with E-state index >= 15 is 0 Å². The highest BCUT2D eigenvalue weighted by Gasteiger charge is 2.15. The van der Waals surface area contributed by atoms with Crippen molar-refractivity contribution in [3.63, 3.8) is 0 Å². The minimum absolute atomic E-state index is 0.0672. The van der Waals surface area contributed by atoms with Crippen molar-refractivity contribution in [3.05, 3.63) is 79.9 Å². The van der Waals surface area contributed by atoms with Crippen molar-refractivity contribution in [2.45, 2.75) is 6.67 Å². The van der Waals surface area contributed by atoms with E-state index in [0.717, 1.165) is 11.3 Å². The van der Waals surface area contributed by atoms with Gasteiger partial charge in [-0.1, -0.05) is 11.3 Å².